The molecule has 3 rings (SSSR count). The highest BCUT2D eigenvalue weighted by Gasteiger charge is 2.63. The van der Waals surface area contributed by atoms with E-state index in [0.29, 0.717) is 0 Å². The molecule has 9 heteroatoms. The van der Waals surface area contributed by atoms with E-state index in [1.807, 2.05) is 0 Å². The number of ketones is 1. The van der Waals surface area contributed by atoms with Gasteiger partial charge in [0.05, 0.1) is 24.3 Å². The average Bonchev–Trinajstić information content (AvgIpc) is 2.49. The molecule has 2 heterocycles. The van der Waals surface area contributed by atoms with Gasteiger partial charge >= 0.3 is 0 Å². The molecule has 0 aromatic rings. The summed E-state index contributed by atoms with van der Waals surface area (Å²) in [5, 5.41) is 37.2. The van der Waals surface area contributed by atoms with E-state index in [-0.39, 0.29) is 6.42 Å². The van der Waals surface area contributed by atoms with E-state index < -0.39 is 60.5 Å². The zero-order valence-corrected chi connectivity index (χ0v) is 13.3. The number of hydrogen-bond acceptors (Lipinski definition) is 9. The highest BCUT2D eigenvalue weighted by molar-refractivity contribution is 5.87. The predicted octanol–water partition coefficient (Wildman–Crippen LogP) is -2.93. The third kappa shape index (κ3) is 2.52. The Hall–Kier alpha value is -0.650. The standard InChI is InChI=1S/C14H24N2O7/c1-5-4-6(17)14(20)13(21-5)22-12-10(19)7(15-2)9(18)8(16-3)11(12)23-14/h5,7-13,15-16,18-20H,4H2,1-3H3/t5?,7?,8-,9?,10?,11+,12?,13?,14-/m1/s1. The molecule has 3 fully saturated rings. The van der Waals surface area contributed by atoms with Crippen molar-refractivity contribution in [3.63, 3.8) is 0 Å². The Morgan fingerprint density at radius 1 is 1.09 bits per heavy atom. The van der Waals surface area contributed by atoms with Crippen molar-refractivity contribution >= 4 is 5.78 Å². The minimum atomic E-state index is -2.23. The fourth-order valence-corrected chi connectivity index (χ4v) is 3.68. The summed E-state index contributed by atoms with van der Waals surface area (Å²) in [6.07, 6.45) is -5.58. The number of Topliss-reactive ketones (excluding diaryl/α,β-unsaturated/α-hetero) is 1. The van der Waals surface area contributed by atoms with Gasteiger partial charge in [-0.25, -0.2) is 0 Å². The highest BCUT2D eigenvalue weighted by atomic mass is 16.8. The van der Waals surface area contributed by atoms with Gasteiger partial charge in [0.25, 0.3) is 5.79 Å². The minimum absolute atomic E-state index is 0.00220. The van der Waals surface area contributed by atoms with Crippen molar-refractivity contribution in [1.82, 2.24) is 10.6 Å². The molecular formula is C14H24N2O7. The summed E-state index contributed by atoms with van der Waals surface area (Å²) in [6.45, 7) is 1.70. The Bertz CT molecular complexity index is 478. The molecule has 0 aromatic carbocycles. The van der Waals surface area contributed by atoms with Crippen LogP contribution in [-0.4, -0.2) is 89.9 Å². The summed E-state index contributed by atoms with van der Waals surface area (Å²) in [6, 6.07) is -1.29. The van der Waals surface area contributed by atoms with Crippen molar-refractivity contribution in [2.75, 3.05) is 14.1 Å². The number of rotatable bonds is 2. The lowest BCUT2D eigenvalue weighted by Crippen LogP contribution is -2.77. The van der Waals surface area contributed by atoms with Crippen LogP contribution < -0.4 is 10.6 Å². The topological polar surface area (TPSA) is 130 Å². The Morgan fingerprint density at radius 3 is 2.35 bits per heavy atom. The Balaban J connectivity index is 1.92. The zero-order chi connectivity index (χ0) is 16.9. The van der Waals surface area contributed by atoms with Gasteiger partial charge in [-0.2, -0.15) is 0 Å². The number of likely N-dealkylation sites (N-methyl/N-ethyl adjacent to an activating group) is 2. The van der Waals surface area contributed by atoms with Crippen LogP contribution in [0.15, 0.2) is 0 Å². The lowest BCUT2D eigenvalue weighted by atomic mass is 9.80. The zero-order valence-electron chi connectivity index (χ0n) is 13.3. The molecule has 0 radical (unpaired) electrons. The van der Waals surface area contributed by atoms with E-state index in [0.717, 1.165) is 0 Å². The Labute approximate surface area is 133 Å². The molecule has 9 atom stereocenters. The Morgan fingerprint density at radius 2 is 1.74 bits per heavy atom. The summed E-state index contributed by atoms with van der Waals surface area (Å²) in [5.41, 5.74) is 0. The summed E-state index contributed by atoms with van der Waals surface area (Å²) < 4.78 is 16.8. The molecule has 0 amide bonds. The summed E-state index contributed by atoms with van der Waals surface area (Å²) in [5.74, 6) is -2.76. The predicted molar refractivity (Wildman–Crippen MR) is 76.4 cm³/mol. The largest absolute Gasteiger partial charge is 0.390 e. The number of carbonyl (C=O) groups excluding carboxylic acids is 1. The highest BCUT2D eigenvalue weighted by Crippen LogP contribution is 2.40. The average molecular weight is 332 g/mol. The number of nitrogens with one attached hydrogen (secondary N) is 2. The molecule has 6 unspecified atom stereocenters. The molecular weight excluding hydrogens is 308 g/mol. The monoisotopic (exact) mass is 332 g/mol. The number of aliphatic hydroxyl groups is 3. The number of ether oxygens (including phenoxy) is 3. The maximum absolute atomic E-state index is 12.2. The van der Waals surface area contributed by atoms with E-state index >= 15 is 0 Å². The van der Waals surface area contributed by atoms with Gasteiger partial charge in [0.1, 0.15) is 18.3 Å². The van der Waals surface area contributed by atoms with Gasteiger partial charge in [0.2, 0.25) is 6.29 Å². The molecule has 23 heavy (non-hydrogen) atoms. The second-order valence-electron chi connectivity index (χ2n) is 6.40. The Kier molecular flexibility index (Phi) is 4.49. The van der Waals surface area contributed by atoms with Crippen molar-refractivity contribution in [2.24, 2.45) is 0 Å². The van der Waals surface area contributed by atoms with Gasteiger partial charge in [0.15, 0.2) is 5.78 Å². The number of fused-ring (bicyclic) bond motifs is 2. The second kappa shape index (κ2) is 6.01. The van der Waals surface area contributed by atoms with Crippen molar-refractivity contribution in [3.05, 3.63) is 0 Å². The van der Waals surface area contributed by atoms with Crippen LogP contribution in [0.1, 0.15) is 13.3 Å². The summed E-state index contributed by atoms with van der Waals surface area (Å²) in [7, 11) is 3.24. The maximum Gasteiger partial charge on any atom is 0.280 e. The summed E-state index contributed by atoms with van der Waals surface area (Å²) in [4.78, 5) is 12.2. The second-order valence-corrected chi connectivity index (χ2v) is 6.40. The normalized spacial score (nSPS) is 53.6. The van der Waals surface area contributed by atoms with E-state index in [1.54, 1.807) is 21.0 Å². The van der Waals surface area contributed by atoms with Gasteiger partial charge in [-0.05, 0) is 21.0 Å². The van der Waals surface area contributed by atoms with Gasteiger partial charge in [-0.3, -0.25) is 4.79 Å². The van der Waals surface area contributed by atoms with Crippen LogP contribution in [-0.2, 0) is 19.0 Å². The van der Waals surface area contributed by atoms with Gasteiger partial charge in [0, 0.05) is 6.42 Å². The van der Waals surface area contributed by atoms with Gasteiger partial charge in [-0.15, -0.1) is 0 Å². The quantitative estimate of drug-likeness (QED) is 0.361. The molecule has 5 N–H and O–H groups in total. The molecule has 0 aromatic heterocycles. The molecule has 2 saturated heterocycles. The molecule has 132 valence electrons. The van der Waals surface area contributed by atoms with E-state index in [2.05, 4.69) is 10.6 Å². The molecule has 9 nitrogen and oxygen atoms in total. The first-order chi connectivity index (χ1) is 10.8. The number of carbonyl (C=O) groups is 1. The van der Waals surface area contributed by atoms with Gasteiger partial charge < -0.3 is 40.2 Å². The number of aliphatic hydroxyl groups excluding tert-OH is 2. The van der Waals surface area contributed by atoms with E-state index in [4.69, 9.17) is 14.2 Å². The third-order valence-corrected chi connectivity index (χ3v) is 4.93. The van der Waals surface area contributed by atoms with Crippen LogP contribution in [0.25, 0.3) is 0 Å². The van der Waals surface area contributed by atoms with Crippen LogP contribution in [0.3, 0.4) is 0 Å². The number of hydrogen-bond donors (Lipinski definition) is 5. The minimum Gasteiger partial charge on any atom is -0.390 e. The van der Waals surface area contributed by atoms with Crippen LogP contribution in [0.2, 0.25) is 0 Å². The first kappa shape index (κ1) is 17.2. The molecule has 1 saturated carbocycles. The van der Waals surface area contributed by atoms with Crippen molar-refractivity contribution < 1.29 is 34.3 Å². The van der Waals surface area contributed by atoms with Crippen LogP contribution in [0.5, 0.6) is 0 Å². The van der Waals surface area contributed by atoms with Gasteiger partial charge in [-0.1, -0.05) is 0 Å². The maximum atomic E-state index is 12.2. The van der Waals surface area contributed by atoms with Crippen LogP contribution >= 0.6 is 0 Å². The summed E-state index contributed by atoms with van der Waals surface area (Å²) >= 11 is 0. The lowest BCUT2D eigenvalue weighted by Gasteiger charge is -2.55. The third-order valence-electron chi connectivity index (χ3n) is 4.93. The first-order valence-electron chi connectivity index (χ1n) is 7.78. The van der Waals surface area contributed by atoms with Crippen molar-refractivity contribution in [3.8, 4) is 0 Å². The van der Waals surface area contributed by atoms with E-state index in [1.165, 1.54) is 0 Å². The molecule has 0 spiro atoms. The van der Waals surface area contributed by atoms with Crippen LogP contribution in [0, 0.1) is 0 Å². The van der Waals surface area contributed by atoms with Crippen LogP contribution in [0.4, 0.5) is 0 Å². The lowest BCUT2D eigenvalue weighted by molar-refractivity contribution is -0.420. The smallest absolute Gasteiger partial charge is 0.280 e. The SMILES string of the molecule is CNC1C(O)C2OC3OC(C)CC(=O)[C@@]3(O)O[C@H]2[C@H](NC)C1O. The van der Waals surface area contributed by atoms with Crippen molar-refractivity contribution in [1.29, 1.82) is 0 Å². The molecule has 2 aliphatic heterocycles. The fourth-order valence-electron chi connectivity index (χ4n) is 3.68. The molecule has 1 aliphatic carbocycles. The van der Waals surface area contributed by atoms with Crippen molar-refractivity contribution in [2.45, 2.75) is 68.0 Å². The fraction of sp³-hybridized carbons (Fsp3) is 0.929. The molecule has 0 bridgehead atoms. The molecule has 3 aliphatic rings. The first-order valence-corrected chi connectivity index (χ1v) is 7.78. The van der Waals surface area contributed by atoms with E-state index in [9.17, 15) is 20.1 Å².